The normalized spacial score (nSPS) is 11.1. The average Bonchev–Trinajstić information content (AvgIpc) is 3.40. The van der Waals surface area contributed by atoms with Crippen LogP contribution in [0.15, 0.2) is 77.2 Å². The van der Waals surface area contributed by atoms with Crippen molar-refractivity contribution in [3.63, 3.8) is 0 Å². The monoisotopic (exact) mass is 398 g/mol. The van der Waals surface area contributed by atoms with E-state index >= 15 is 0 Å². The quantitative estimate of drug-likeness (QED) is 0.397. The van der Waals surface area contributed by atoms with Crippen LogP contribution in [0.3, 0.4) is 0 Å². The Morgan fingerprint density at radius 1 is 0.897 bits per heavy atom. The third-order valence-corrected chi connectivity index (χ3v) is 5.67. The molecule has 29 heavy (non-hydrogen) atoms. The maximum absolute atomic E-state index is 5.73. The van der Waals surface area contributed by atoms with Gasteiger partial charge in [0.1, 0.15) is 5.01 Å². The van der Waals surface area contributed by atoms with E-state index in [4.69, 9.17) is 9.40 Å². The summed E-state index contributed by atoms with van der Waals surface area (Å²) < 4.78 is 6.95. The lowest BCUT2D eigenvalue weighted by Crippen LogP contribution is -1.99. The minimum absolute atomic E-state index is 0.472. The minimum atomic E-state index is 0.472. The van der Waals surface area contributed by atoms with E-state index in [1.165, 1.54) is 10.3 Å². The molecule has 0 amide bonds. The van der Waals surface area contributed by atoms with Gasteiger partial charge in [-0.2, -0.15) is 0 Å². The number of hydrogen-bond donors (Lipinski definition) is 1. The van der Waals surface area contributed by atoms with Crippen molar-refractivity contribution in [3.8, 4) is 22.0 Å². The van der Waals surface area contributed by atoms with Crippen molar-refractivity contribution < 1.29 is 4.42 Å². The molecule has 0 saturated heterocycles. The molecule has 0 fully saturated rings. The predicted octanol–water partition coefficient (Wildman–Crippen LogP) is 5.93. The molecule has 0 aliphatic rings. The zero-order valence-electron chi connectivity index (χ0n) is 15.8. The molecule has 2 aromatic heterocycles. The first kappa shape index (κ1) is 17.6. The van der Waals surface area contributed by atoms with Crippen LogP contribution >= 0.6 is 11.3 Å². The van der Waals surface area contributed by atoms with E-state index in [-0.39, 0.29) is 0 Å². The van der Waals surface area contributed by atoms with E-state index in [1.54, 1.807) is 11.3 Å². The van der Waals surface area contributed by atoms with Gasteiger partial charge in [0.15, 0.2) is 0 Å². The molecule has 5 nitrogen and oxygen atoms in total. The van der Waals surface area contributed by atoms with Crippen molar-refractivity contribution in [3.05, 3.63) is 84.3 Å². The third-order valence-electron chi connectivity index (χ3n) is 4.61. The fourth-order valence-electron chi connectivity index (χ4n) is 3.09. The van der Waals surface area contributed by atoms with Crippen molar-refractivity contribution in [1.82, 2.24) is 15.2 Å². The molecule has 3 aromatic carbocycles. The Morgan fingerprint density at radius 3 is 2.55 bits per heavy atom. The molecule has 0 aliphatic carbocycles. The van der Waals surface area contributed by atoms with E-state index in [9.17, 15) is 0 Å². The van der Waals surface area contributed by atoms with Crippen molar-refractivity contribution in [2.45, 2.75) is 13.5 Å². The second-order valence-electron chi connectivity index (χ2n) is 6.79. The van der Waals surface area contributed by atoms with E-state index in [0.717, 1.165) is 27.3 Å². The number of aryl methyl sites for hydroxylation is 1. The first-order chi connectivity index (χ1) is 14.2. The second kappa shape index (κ2) is 7.48. The zero-order valence-corrected chi connectivity index (χ0v) is 16.6. The lowest BCUT2D eigenvalue weighted by molar-refractivity contribution is 0.515. The summed E-state index contributed by atoms with van der Waals surface area (Å²) >= 11 is 1.72. The molecule has 0 atom stereocenters. The standard InChI is InChI=1S/C23H18N4OS/c1-15-7-12-19-20(13-15)29-23(25-19)17-8-10-18(11-9-17)24-14-21-26-27-22(28-21)16-5-3-2-4-6-16/h2-13,24H,14H2,1H3. The zero-order chi connectivity index (χ0) is 19.6. The number of anilines is 1. The van der Waals surface area contributed by atoms with E-state index < -0.39 is 0 Å². The SMILES string of the molecule is Cc1ccc2nc(-c3ccc(NCc4nnc(-c5ccccc5)o4)cc3)sc2c1. The fraction of sp³-hybridized carbons (Fsp3) is 0.0870. The van der Waals surface area contributed by atoms with Crippen molar-refractivity contribution >= 4 is 27.2 Å². The Bertz CT molecular complexity index is 1260. The third kappa shape index (κ3) is 3.75. The van der Waals surface area contributed by atoms with Crippen LogP contribution < -0.4 is 5.32 Å². The minimum Gasteiger partial charge on any atom is -0.419 e. The molecule has 0 unspecified atom stereocenters. The number of nitrogens with one attached hydrogen (secondary N) is 1. The summed E-state index contributed by atoms with van der Waals surface area (Å²) in [4.78, 5) is 4.74. The summed E-state index contributed by atoms with van der Waals surface area (Å²) in [7, 11) is 0. The number of hydrogen-bond acceptors (Lipinski definition) is 6. The van der Waals surface area contributed by atoms with Gasteiger partial charge in [-0.1, -0.05) is 24.3 Å². The summed E-state index contributed by atoms with van der Waals surface area (Å²) in [5.74, 6) is 1.08. The maximum Gasteiger partial charge on any atom is 0.247 e. The summed E-state index contributed by atoms with van der Waals surface area (Å²) in [5.41, 5.74) is 5.32. The van der Waals surface area contributed by atoms with Gasteiger partial charge in [0.25, 0.3) is 0 Å². The topological polar surface area (TPSA) is 63.8 Å². The summed E-state index contributed by atoms with van der Waals surface area (Å²) in [6.07, 6.45) is 0. The molecule has 0 spiro atoms. The number of aromatic nitrogens is 3. The summed E-state index contributed by atoms with van der Waals surface area (Å²) in [6, 6.07) is 24.4. The van der Waals surface area contributed by atoms with Gasteiger partial charge < -0.3 is 9.73 Å². The van der Waals surface area contributed by atoms with Crippen LogP contribution in [0.2, 0.25) is 0 Å². The largest absolute Gasteiger partial charge is 0.419 e. The number of benzene rings is 3. The molecule has 1 N–H and O–H groups in total. The molecule has 2 heterocycles. The molecule has 0 saturated carbocycles. The van der Waals surface area contributed by atoms with Gasteiger partial charge in [0.05, 0.1) is 16.8 Å². The lowest BCUT2D eigenvalue weighted by Gasteiger charge is -2.04. The molecular formula is C23H18N4OS. The van der Waals surface area contributed by atoms with Crippen LogP contribution in [0.1, 0.15) is 11.5 Å². The van der Waals surface area contributed by atoms with Gasteiger partial charge in [-0.3, -0.25) is 0 Å². The van der Waals surface area contributed by atoms with Gasteiger partial charge in [-0.25, -0.2) is 4.98 Å². The predicted molar refractivity (Wildman–Crippen MR) is 117 cm³/mol. The molecule has 0 bridgehead atoms. The molecule has 5 aromatic rings. The number of fused-ring (bicyclic) bond motifs is 1. The highest BCUT2D eigenvalue weighted by Gasteiger charge is 2.09. The van der Waals surface area contributed by atoms with Gasteiger partial charge in [-0.15, -0.1) is 21.5 Å². The fourth-order valence-corrected chi connectivity index (χ4v) is 4.16. The number of nitrogens with zero attached hydrogens (tertiary/aromatic N) is 3. The summed E-state index contributed by atoms with van der Waals surface area (Å²) in [6.45, 7) is 2.57. The second-order valence-corrected chi connectivity index (χ2v) is 7.82. The average molecular weight is 398 g/mol. The molecule has 142 valence electrons. The molecule has 6 heteroatoms. The molecule has 0 aliphatic heterocycles. The molecule has 5 rings (SSSR count). The summed E-state index contributed by atoms with van der Waals surface area (Å²) in [5, 5.41) is 12.6. The Kier molecular flexibility index (Phi) is 4.54. The van der Waals surface area contributed by atoms with Gasteiger partial charge >= 0.3 is 0 Å². The number of thiazole rings is 1. The van der Waals surface area contributed by atoms with Crippen LogP contribution in [0.25, 0.3) is 32.2 Å². The highest BCUT2D eigenvalue weighted by Crippen LogP contribution is 2.31. The van der Waals surface area contributed by atoms with Gasteiger partial charge in [-0.05, 0) is 61.0 Å². The van der Waals surface area contributed by atoms with Crippen LogP contribution in [0.5, 0.6) is 0 Å². The van der Waals surface area contributed by atoms with E-state index in [2.05, 4.69) is 52.8 Å². The first-order valence-corrected chi connectivity index (χ1v) is 10.2. The Balaban J connectivity index is 1.27. The van der Waals surface area contributed by atoms with Crippen LogP contribution in [0.4, 0.5) is 5.69 Å². The molecule has 0 radical (unpaired) electrons. The van der Waals surface area contributed by atoms with Gasteiger partial charge in [0, 0.05) is 16.8 Å². The Morgan fingerprint density at radius 2 is 1.72 bits per heavy atom. The Hall–Kier alpha value is -3.51. The Labute approximate surface area is 172 Å². The van der Waals surface area contributed by atoms with E-state index in [1.807, 2.05) is 42.5 Å². The van der Waals surface area contributed by atoms with Crippen LogP contribution in [0, 0.1) is 6.92 Å². The molecular weight excluding hydrogens is 380 g/mol. The lowest BCUT2D eigenvalue weighted by atomic mass is 10.2. The first-order valence-electron chi connectivity index (χ1n) is 9.34. The highest BCUT2D eigenvalue weighted by atomic mass is 32.1. The highest BCUT2D eigenvalue weighted by molar-refractivity contribution is 7.21. The van der Waals surface area contributed by atoms with Crippen LogP contribution in [-0.4, -0.2) is 15.2 Å². The van der Waals surface area contributed by atoms with Gasteiger partial charge in [0.2, 0.25) is 11.8 Å². The van der Waals surface area contributed by atoms with Crippen molar-refractivity contribution in [2.24, 2.45) is 0 Å². The maximum atomic E-state index is 5.73. The van der Waals surface area contributed by atoms with E-state index in [0.29, 0.717) is 18.3 Å². The smallest absolute Gasteiger partial charge is 0.247 e. The van der Waals surface area contributed by atoms with Crippen molar-refractivity contribution in [2.75, 3.05) is 5.32 Å². The van der Waals surface area contributed by atoms with Crippen molar-refractivity contribution in [1.29, 1.82) is 0 Å². The number of rotatable bonds is 5. The van der Waals surface area contributed by atoms with Crippen LogP contribution in [-0.2, 0) is 6.54 Å².